The number of hydrogen-bond acceptors (Lipinski definition) is 7. The molecule has 0 saturated heterocycles. The van der Waals surface area contributed by atoms with Gasteiger partial charge in [-0.25, -0.2) is 4.79 Å². The number of ether oxygens (including phenoxy) is 2. The molecule has 0 aromatic heterocycles. The van der Waals surface area contributed by atoms with Gasteiger partial charge >= 0.3 is 22.2 Å². The second kappa shape index (κ2) is 11.7. The highest BCUT2D eigenvalue weighted by Gasteiger charge is 2.22. The first-order valence-corrected chi connectivity index (χ1v) is 12.4. The van der Waals surface area contributed by atoms with Crippen molar-refractivity contribution in [1.29, 1.82) is 0 Å². The summed E-state index contributed by atoms with van der Waals surface area (Å²) in [5.74, 6) is -0.428. The van der Waals surface area contributed by atoms with Crippen molar-refractivity contribution in [2.24, 2.45) is 5.92 Å². The molecule has 0 aliphatic rings. The van der Waals surface area contributed by atoms with Gasteiger partial charge in [0, 0.05) is 6.54 Å². The first kappa shape index (κ1) is 26.2. The minimum Gasteiger partial charge on any atom is -0.460 e. The van der Waals surface area contributed by atoms with Gasteiger partial charge in [-0.05, 0) is 56.4 Å². The normalized spacial score (nSPS) is 12.5. The Balaban J connectivity index is 1.98. The zero-order valence-corrected chi connectivity index (χ0v) is 20.2. The van der Waals surface area contributed by atoms with Crippen LogP contribution in [0.25, 0.3) is 0 Å². The van der Waals surface area contributed by atoms with Gasteiger partial charge in [0.2, 0.25) is 0 Å². The first-order valence-electron chi connectivity index (χ1n) is 10.5. The molecule has 1 unspecified atom stereocenters. The van der Waals surface area contributed by atoms with Crippen LogP contribution in [0.15, 0.2) is 54.6 Å². The van der Waals surface area contributed by atoms with Crippen molar-refractivity contribution in [2.45, 2.75) is 45.8 Å². The van der Waals surface area contributed by atoms with Crippen molar-refractivity contribution >= 4 is 22.2 Å². The van der Waals surface area contributed by atoms with Gasteiger partial charge in [0.05, 0.1) is 12.7 Å². The summed E-state index contributed by atoms with van der Waals surface area (Å²) < 4.78 is 38.0. The third-order valence-electron chi connectivity index (χ3n) is 4.32. The Morgan fingerprint density at radius 2 is 1.61 bits per heavy atom. The van der Waals surface area contributed by atoms with Crippen LogP contribution in [0.3, 0.4) is 0 Å². The maximum Gasteiger partial charge on any atom is 0.407 e. The topological polar surface area (TPSA) is 108 Å². The predicted molar refractivity (Wildman–Crippen MR) is 124 cm³/mol. The van der Waals surface area contributed by atoms with E-state index in [1.54, 1.807) is 45.0 Å². The molecular weight excluding hydrogens is 446 g/mol. The molecule has 0 saturated carbocycles. The molecule has 1 amide bonds. The molecule has 2 aromatic rings. The minimum atomic E-state index is -3.61. The SMILES string of the molecule is CC(C)(C)OC(=O)CC(CNC(=O)OCc1ccccc1)Cc1ccc(OS(C)(=O)=O)cc1. The number of carbonyl (C=O) groups excluding carboxylic acids is 2. The van der Waals surface area contributed by atoms with Crippen molar-refractivity contribution < 1.29 is 31.7 Å². The van der Waals surface area contributed by atoms with Crippen LogP contribution in [0.2, 0.25) is 0 Å². The lowest BCUT2D eigenvalue weighted by Crippen LogP contribution is -2.33. The number of amides is 1. The van der Waals surface area contributed by atoms with E-state index in [9.17, 15) is 18.0 Å². The Morgan fingerprint density at radius 3 is 2.18 bits per heavy atom. The van der Waals surface area contributed by atoms with E-state index in [0.717, 1.165) is 17.4 Å². The maximum atomic E-state index is 12.4. The molecular formula is C24H31NO7S. The molecule has 8 nitrogen and oxygen atoms in total. The minimum absolute atomic E-state index is 0.0951. The zero-order chi connectivity index (χ0) is 24.5. The fourth-order valence-electron chi connectivity index (χ4n) is 3.03. The molecule has 0 aliphatic heterocycles. The predicted octanol–water partition coefficient (Wildman–Crippen LogP) is 3.84. The van der Waals surface area contributed by atoms with Crippen molar-refractivity contribution in [3.63, 3.8) is 0 Å². The smallest absolute Gasteiger partial charge is 0.407 e. The lowest BCUT2D eigenvalue weighted by molar-refractivity contribution is -0.155. The van der Waals surface area contributed by atoms with E-state index in [2.05, 4.69) is 5.32 Å². The molecule has 33 heavy (non-hydrogen) atoms. The number of carbonyl (C=O) groups is 2. The monoisotopic (exact) mass is 477 g/mol. The molecule has 2 aromatic carbocycles. The Kier molecular flexibility index (Phi) is 9.28. The quantitative estimate of drug-likeness (QED) is 0.409. The van der Waals surface area contributed by atoms with Gasteiger partial charge in [-0.1, -0.05) is 42.5 Å². The molecule has 180 valence electrons. The highest BCUT2D eigenvalue weighted by molar-refractivity contribution is 7.86. The molecule has 2 rings (SSSR count). The van der Waals surface area contributed by atoms with Gasteiger partial charge in [0.25, 0.3) is 0 Å². The van der Waals surface area contributed by atoms with Crippen LogP contribution in [0.5, 0.6) is 5.75 Å². The van der Waals surface area contributed by atoms with Gasteiger partial charge < -0.3 is 19.0 Å². The third kappa shape index (κ3) is 11.4. The van der Waals surface area contributed by atoms with E-state index >= 15 is 0 Å². The van der Waals surface area contributed by atoms with Crippen molar-refractivity contribution in [3.8, 4) is 5.75 Å². The number of hydrogen-bond donors (Lipinski definition) is 1. The van der Waals surface area contributed by atoms with E-state index in [1.807, 2.05) is 30.3 Å². The van der Waals surface area contributed by atoms with E-state index < -0.39 is 21.8 Å². The third-order valence-corrected chi connectivity index (χ3v) is 4.81. The van der Waals surface area contributed by atoms with Gasteiger partial charge in [-0.15, -0.1) is 0 Å². The highest BCUT2D eigenvalue weighted by atomic mass is 32.2. The average molecular weight is 478 g/mol. The summed E-state index contributed by atoms with van der Waals surface area (Å²) in [7, 11) is -3.61. The Bertz CT molecular complexity index is 1010. The molecule has 0 radical (unpaired) electrons. The van der Waals surface area contributed by atoms with Crippen LogP contribution in [-0.4, -0.2) is 38.9 Å². The summed E-state index contributed by atoms with van der Waals surface area (Å²) in [6.07, 6.45) is 0.945. The maximum absolute atomic E-state index is 12.4. The molecule has 1 N–H and O–H groups in total. The zero-order valence-electron chi connectivity index (χ0n) is 19.4. The van der Waals surface area contributed by atoms with Crippen LogP contribution in [-0.2, 0) is 37.4 Å². The lowest BCUT2D eigenvalue weighted by Gasteiger charge is -2.22. The van der Waals surface area contributed by atoms with E-state index in [0.29, 0.717) is 6.42 Å². The van der Waals surface area contributed by atoms with Gasteiger partial charge in [0.15, 0.2) is 0 Å². The average Bonchev–Trinajstić information content (AvgIpc) is 2.70. The second-order valence-electron chi connectivity index (χ2n) is 8.73. The summed E-state index contributed by atoms with van der Waals surface area (Å²) in [6.45, 7) is 5.72. The number of nitrogens with one attached hydrogen (secondary N) is 1. The van der Waals surface area contributed by atoms with Crippen LogP contribution in [0, 0.1) is 5.92 Å². The van der Waals surface area contributed by atoms with Gasteiger partial charge in [-0.3, -0.25) is 4.79 Å². The number of rotatable bonds is 10. The number of benzene rings is 2. The van der Waals surface area contributed by atoms with Gasteiger partial charge in [0.1, 0.15) is 18.0 Å². The Hall–Kier alpha value is -3.07. The molecule has 9 heteroatoms. The van der Waals surface area contributed by atoms with E-state index in [1.165, 1.54) is 0 Å². The van der Waals surface area contributed by atoms with Crippen molar-refractivity contribution in [2.75, 3.05) is 12.8 Å². The fourth-order valence-corrected chi connectivity index (χ4v) is 3.49. The van der Waals surface area contributed by atoms with Crippen LogP contribution < -0.4 is 9.50 Å². The van der Waals surface area contributed by atoms with Gasteiger partial charge in [-0.2, -0.15) is 8.42 Å². The van der Waals surface area contributed by atoms with Crippen molar-refractivity contribution in [1.82, 2.24) is 5.32 Å². The largest absolute Gasteiger partial charge is 0.460 e. The van der Waals surface area contributed by atoms with E-state index in [4.69, 9.17) is 13.7 Å². The summed E-state index contributed by atoms with van der Waals surface area (Å²) in [4.78, 5) is 24.5. The lowest BCUT2D eigenvalue weighted by atomic mass is 9.96. The van der Waals surface area contributed by atoms with Crippen molar-refractivity contribution in [3.05, 3.63) is 65.7 Å². The molecule has 0 bridgehead atoms. The second-order valence-corrected chi connectivity index (χ2v) is 10.3. The standard InChI is InChI=1S/C24H31NO7S/c1-24(2,3)31-22(26)15-20(14-18-10-12-21(13-11-18)32-33(4,28)29)16-25-23(27)30-17-19-8-6-5-7-9-19/h5-13,20H,14-17H2,1-4H3,(H,25,27). The first-order chi connectivity index (χ1) is 15.4. The molecule has 1 atom stereocenters. The Morgan fingerprint density at radius 1 is 0.970 bits per heavy atom. The summed E-state index contributed by atoms with van der Waals surface area (Å²) in [6, 6.07) is 15.8. The van der Waals surface area contributed by atoms with Crippen LogP contribution in [0.4, 0.5) is 4.79 Å². The highest BCUT2D eigenvalue weighted by Crippen LogP contribution is 2.19. The summed E-state index contributed by atoms with van der Waals surface area (Å²) >= 11 is 0. The fraction of sp³-hybridized carbons (Fsp3) is 0.417. The number of esters is 1. The summed E-state index contributed by atoms with van der Waals surface area (Å²) in [5, 5.41) is 2.71. The molecule has 0 fully saturated rings. The Labute approximate surface area is 195 Å². The summed E-state index contributed by atoms with van der Waals surface area (Å²) in [5.41, 5.74) is 1.10. The van der Waals surface area contributed by atoms with Crippen LogP contribution in [0.1, 0.15) is 38.3 Å². The van der Waals surface area contributed by atoms with Crippen LogP contribution >= 0.6 is 0 Å². The number of alkyl carbamates (subject to hydrolysis) is 1. The molecule has 0 aliphatic carbocycles. The molecule has 0 heterocycles. The van der Waals surface area contributed by atoms with E-state index in [-0.39, 0.29) is 37.2 Å². The molecule has 0 spiro atoms.